The average molecular weight is 457 g/mol. The maximum atomic E-state index is 11.4. The fraction of sp³-hybridized carbons (Fsp3) is 0. The van der Waals surface area contributed by atoms with Crippen molar-refractivity contribution >= 4 is 59.3 Å². The summed E-state index contributed by atoms with van der Waals surface area (Å²) in [6, 6.07) is 21.2. The van der Waals surface area contributed by atoms with E-state index in [0.29, 0.717) is 22.1 Å². The second-order valence-electron chi connectivity index (χ2n) is 6.26. The van der Waals surface area contributed by atoms with Gasteiger partial charge in [-0.25, -0.2) is 0 Å². The Balaban J connectivity index is 0.000000628. The third-order valence-corrected chi connectivity index (χ3v) is 5.18. The van der Waals surface area contributed by atoms with Crippen LogP contribution in [-0.4, -0.2) is 25.6 Å². The standard InChI is InChI=1S/C20H15N3O3S.O3S/c21-18-10-11-20(16-9-8-14(12-17(16)18)27(24,25)26)23-22-19-7-3-5-13-4-1-2-6-15(13)19;1-4(2)3/h1-12H,21H2,(H,24,25,26);. The Bertz CT molecular complexity index is 1520. The van der Waals surface area contributed by atoms with Gasteiger partial charge in [0, 0.05) is 21.8 Å². The van der Waals surface area contributed by atoms with E-state index in [-0.39, 0.29) is 4.90 Å². The van der Waals surface area contributed by atoms with Gasteiger partial charge in [0.05, 0.1) is 16.3 Å². The highest BCUT2D eigenvalue weighted by atomic mass is 32.2. The van der Waals surface area contributed by atoms with Gasteiger partial charge < -0.3 is 5.73 Å². The van der Waals surface area contributed by atoms with Crippen molar-refractivity contribution in [3.05, 3.63) is 72.8 Å². The molecule has 0 aromatic heterocycles. The molecule has 0 spiro atoms. The van der Waals surface area contributed by atoms with Gasteiger partial charge in [0.25, 0.3) is 10.1 Å². The number of nitrogens with zero attached hydrogens (tertiary/aromatic N) is 2. The smallest absolute Gasteiger partial charge is 0.398 e. The third kappa shape index (κ3) is 5.28. The molecule has 158 valence electrons. The molecule has 31 heavy (non-hydrogen) atoms. The summed E-state index contributed by atoms with van der Waals surface area (Å²) in [5.41, 5.74) is 7.64. The zero-order valence-corrected chi connectivity index (χ0v) is 17.3. The first-order valence-corrected chi connectivity index (χ1v) is 11.1. The highest BCUT2D eigenvalue weighted by molar-refractivity contribution is 7.85. The summed E-state index contributed by atoms with van der Waals surface area (Å²) >= 11 is 0. The molecule has 0 heterocycles. The number of nitrogen functional groups attached to an aromatic ring is 1. The second-order valence-corrected chi connectivity index (χ2v) is 8.09. The largest absolute Gasteiger partial charge is 0.425 e. The molecule has 3 N–H and O–H groups in total. The number of nitrogens with two attached hydrogens (primary N) is 1. The van der Waals surface area contributed by atoms with E-state index in [2.05, 4.69) is 10.2 Å². The molecule has 4 rings (SSSR count). The minimum absolute atomic E-state index is 0.218. The number of azo groups is 1. The molecule has 0 aliphatic rings. The number of rotatable bonds is 3. The minimum atomic E-state index is -4.31. The molecule has 0 fully saturated rings. The van der Waals surface area contributed by atoms with Crippen LogP contribution in [0, 0.1) is 0 Å². The van der Waals surface area contributed by atoms with Gasteiger partial charge in [-0.15, -0.1) is 22.9 Å². The fourth-order valence-corrected chi connectivity index (χ4v) is 3.49. The van der Waals surface area contributed by atoms with Crippen LogP contribution in [0.3, 0.4) is 0 Å². The monoisotopic (exact) mass is 457 g/mol. The normalized spacial score (nSPS) is 11.4. The molecule has 11 heteroatoms. The number of benzene rings is 4. The van der Waals surface area contributed by atoms with Gasteiger partial charge >= 0.3 is 10.6 Å². The molecule has 0 aliphatic heterocycles. The van der Waals surface area contributed by atoms with E-state index < -0.39 is 20.7 Å². The van der Waals surface area contributed by atoms with E-state index in [1.165, 1.54) is 12.1 Å². The maximum absolute atomic E-state index is 11.4. The summed E-state index contributed by atoms with van der Waals surface area (Å²) < 4.78 is 57.3. The molecule has 0 atom stereocenters. The Kier molecular flexibility index (Phi) is 6.39. The Labute approximate surface area is 178 Å². The molecule has 0 aliphatic carbocycles. The summed E-state index contributed by atoms with van der Waals surface area (Å²) in [7, 11) is -7.42. The van der Waals surface area contributed by atoms with E-state index in [4.69, 9.17) is 18.4 Å². The van der Waals surface area contributed by atoms with E-state index in [9.17, 15) is 13.0 Å². The lowest BCUT2D eigenvalue weighted by Gasteiger charge is -2.07. The van der Waals surface area contributed by atoms with Crippen LogP contribution >= 0.6 is 0 Å². The van der Waals surface area contributed by atoms with E-state index >= 15 is 0 Å². The Morgan fingerprint density at radius 1 is 0.742 bits per heavy atom. The molecule has 0 saturated carbocycles. The van der Waals surface area contributed by atoms with E-state index in [0.717, 1.165) is 16.5 Å². The van der Waals surface area contributed by atoms with Gasteiger partial charge in [0.15, 0.2) is 0 Å². The van der Waals surface area contributed by atoms with Crippen LogP contribution in [0.25, 0.3) is 21.5 Å². The molecule has 0 radical (unpaired) electrons. The Morgan fingerprint density at radius 3 is 2.03 bits per heavy atom. The average Bonchev–Trinajstić information content (AvgIpc) is 2.72. The lowest BCUT2D eigenvalue weighted by molar-refractivity contribution is 0.483. The van der Waals surface area contributed by atoms with Gasteiger partial charge in [0.1, 0.15) is 0 Å². The van der Waals surface area contributed by atoms with Crippen LogP contribution in [0.15, 0.2) is 87.9 Å². The summed E-state index contributed by atoms with van der Waals surface area (Å²) in [6.07, 6.45) is 0. The van der Waals surface area contributed by atoms with Crippen LogP contribution < -0.4 is 5.73 Å². The topological polar surface area (TPSA) is 156 Å². The molecular formula is C20H15N3O6S2. The van der Waals surface area contributed by atoms with Gasteiger partial charge in [-0.2, -0.15) is 8.42 Å². The van der Waals surface area contributed by atoms with Crippen LogP contribution in [0.2, 0.25) is 0 Å². The van der Waals surface area contributed by atoms with Gasteiger partial charge in [-0.3, -0.25) is 4.55 Å². The zero-order valence-electron chi connectivity index (χ0n) is 15.7. The van der Waals surface area contributed by atoms with Gasteiger partial charge in [-0.05, 0) is 35.7 Å². The summed E-state index contributed by atoms with van der Waals surface area (Å²) in [4.78, 5) is -0.218. The van der Waals surface area contributed by atoms with Crippen molar-refractivity contribution in [3.8, 4) is 0 Å². The predicted octanol–water partition coefficient (Wildman–Crippen LogP) is 4.23. The molecule has 0 unspecified atom stereocenters. The van der Waals surface area contributed by atoms with Crippen molar-refractivity contribution in [2.24, 2.45) is 10.2 Å². The van der Waals surface area contributed by atoms with Gasteiger partial charge in [-0.1, -0.05) is 42.5 Å². The molecule has 9 nitrogen and oxygen atoms in total. The van der Waals surface area contributed by atoms with Crippen LogP contribution in [0.1, 0.15) is 0 Å². The number of hydrogen-bond donors (Lipinski definition) is 2. The first-order valence-electron chi connectivity index (χ1n) is 8.63. The van der Waals surface area contributed by atoms with Crippen molar-refractivity contribution < 1.29 is 25.6 Å². The molecule has 4 aromatic carbocycles. The van der Waals surface area contributed by atoms with Crippen molar-refractivity contribution in [3.63, 3.8) is 0 Å². The highest BCUT2D eigenvalue weighted by Gasteiger charge is 2.12. The van der Waals surface area contributed by atoms with Crippen LogP contribution in [0.4, 0.5) is 17.1 Å². The Morgan fingerprint density at radius 2 is 1.35 bits per heavy atom. The lowest BCUT2D eigenvalue weighted by Crippen LogP contribution is -1.98. The fourth-order valence-electron chi connectivity index (χ4n) is 2.98. The van der Waals surface area contributed by atoms with Crippen molar-refractivity contribution in [1.82, 2.24) is 0 Å². The third-order valence-electron chi connectivity index (χ3n) is 4.33. The molecule has 0 bridgehead atoms. The quantitative estimate of drug-likeness (QED) is 0.265. The summed E-state index contributed by atoms with van der Waals surface area (Å²) in [5, 5.41) is 11.9. The predicted molar refractivity (Wildman–Crippen MR) is 116 cm³/mol. The highest BCUT2D eigenvalue weighted by Crippen LogP contribution is 2.34. The zero-order chi connectivity index (χ0) is 22.6. The van der Waals surface area contributed by atoms with Crippen LogP contribution in [0.5, 0.6) is 0 Å². The van der Waals surface area contributed by atoms with Crippen LogP contribution in [-0.2, 0) is 20.7 Å². The summed E-state index contributed by atoms with van der Waals surface area (Å²) in [6.45, 7) is 0. The SMILES string of the molecule is Nc1ccc(N=Nc2cccc3ccccc23)c2ccc(S(=O)(=O)O)cc12.O=S(=O)=O. The molecular weight excluding hydrogens is 442 g/mol. The first-order chi connectivity index (χ1) is 14.7. The summed E-state index contributed by atoms with van der Waals surface area (Å²) in [5.74, 6) is 0. The maximum Gasteiger partial charge on any atom is 0.425 e. The van der Waals surface area contributed by atoms with Crippen molar-refractivity contribution in [2.75, 3.05) is 5.73 Å². The number of fused-ring (bicyclic) bond motifs is 2. The van der Waals surface area contributed by atoms with Crippen molar-refractivity contribution in [1.29, 1.82) is 0 Å². The van der Waals surface area contributed by atoms with E-state index in [1.54, 1.807) is 18.2 Å². The second kappa shape index (κ2) is 9.00. The minimum Gasteiger partial charge on any atom is -0.398 e. The first kappa shape index (κ1) is 22.0. The van der Waals surface area contributed by atoms with Crippen molar-refractivity contribution in [2.45, 2.75) is 4.90 Å². The van der Waals surface area contributed by atoms with Gasteiger partial charge in [0.2, 0.25) is 0 Å². The molecule has 0 saturated heterocycles. The number of hydrogen-bond acceptors (Lipinski definition) is 8. The van der Waals surface area contributed by atoms with E-state index in [1.807, 2.05) is 42.5 Å². The molecule has 4 aromatic rings. The molecule has 0 amide bonds. The number of anilines is 1. The Hall–Kier alpha value is -3.67. The lowest BCUT2D eigenvalue weighted by atomic mass is 10.1.